The lowest BCUT2D eigenvalue weighted by Crippen LogP contribution is -2.53. The van der Waals surface area contributed by atoms with Crippen LogP contribution in [0, 0.1) is 35.5 Å². The van der Waals surface area contributed by atoms with E-state index >= 15 is 0 Å². The fourth-order valence-electron chi connectivity index (χ4n) is 5.31. The minimum atomic E-state index is -0.530. The molecule has 2 aliphatic rings. The number of hydrogen-bond donors (Lipinski definition) is 2. The van der Waals surface area contributed by atoms with E-state index in [1.165, 1.54) is 4.88 Å². The molecule has 3 rings (SSSR count). The van der Waals surface area contributed by atoms with Crippen molar-refractivity contribution >= 4 is 22.4 Å². The first-order valence-electron chi connectivity index (χ1n) is 9.31. The van der Waals surface area contributed by atoms with Crippen molar-refractivity contribution in [2.45, 2.75) is 52.1 Å². The number of hydrogen-bond acceptors (Lipinski definition) is 5. The van der Waals surface area contributed by atoms with Crippen molar-refractivity contribution in [1.82, 2.24) is 9.88 Å². The van der Waals surface area contributed by atoms with E-state index < -0.39 is 6.10 Å². The third-order valence-electron chi connectivity index (χ3n) is 6.68. The highest BCUT2D eigenvalue weighted by Crippen LogP contribution is 2.57. The van der Waals surface area contributed by atoms with Crippen LogP contribution in [0.4, 0.5) is 5.13 Å². The number of carbonyl (C=O) groups is 1. The van der Waals surface area contributed by atoms with Crippen LogP contribution in [-0.2, 0) is 11.2 Å². The van der Waals surface area contributed by atoms with E-state index in [0.29, 0.717) is 11.7 Å². The number of anilines is 1. The second kappa shape index (κ2) is 6.86. The van der Waals surface area contributed by atoms with Crippen LogP contribution in [0.15, 0.2) is 0 Å². The molecule has 142 valence electrons. The van der Waals surface area contributed by atoms with E-state index in [-0.39, 0.29) is 35.0 Å². The van der Waals surface area contributed by atoms with Gasteiger partial charge in [-0.05, 0) is 36.5 Å². The summed E-state index contributed by atoms with van der Waals surface area (Å²) in [5.41, 5.74) is 7.01. The zero-order valence-electron chi connectivity index (χ0n) is 16.0. The van der Waals surface area contributed by atoms with Crippen molar-refractivity contribution in [3.05, 3.63) is 10.6 Å². The molecule has 1 heterocycles. The fraction of sp³-hybridized carbons (Fsp3) is 0.700. The Hall–Kier alpha value is -1.58. The first kappa shape index (κ1) is 19.2. The van der Waals surface area contributed by atoms with Gasteiger partial charge in [0.05, 0.1) is 18.3 Å². The Kier molecular flexibility index (Phi) is 5.06. The first-order valence-corrected chi connectivity index (χ1v) is 10.1. The number of rotatable bonds is 3. The van der Waals surface area contributed by atoms with Gasteiger partial charge in [-0.1, -0.05) is 26.7 Å². The number of nitrogens with two attached hydrogens (primary N) is 1. The van der Waals surface area contributed by atoms with Crippen LogP contribution >= 0.6 is 11.3 Å². The molecule has 0 bridgehead atoms. The van der Waals surface area contributed by atoms with Gasteiger partial charge in [0.25, 0.3) is 0 Å². The van der Waals surface area contributed by atoms with E-state index in [9.17, 15) is 9.90 Å². The van der Waals surface area contributed by atoms with Crippen LogP contribution in [0.2, 0.25) is 0 Å². The summed E-state index contributed by atoms with van der Waals surface area (Å²) in [7, 11) is 1.73. The van der Waals surface area contributed by atoms with Crippen LogP contribution in [0.1, 0.15) is 50.1 Å². The molecule has 1 saturated carbocycles. The minimum absolute atomic E-state index is 0.0117. The summed E-state index contributed by atoms with van der Waals surface area (Å²) >= 11 is 1.58. The van der Waals surface area contributed by atoms with E-state index in [2.05, 4.69) is 24.8 Å². The highest BCUT2D eigenvalue weighted by Gasteiger charge is 2.53. The van der Waals surface area contributed by atoms with Gasteiger partial charge >= 0.3 is 0 Å². The summed E-state index contributed by atoms with van der Waals surface area (Å²) in [5, 5.41) is 11.9. The number of nitrogens with zero attached hydrogens (tertiary/aromatic N) is 2. The smallest absolute Gasteiger partial charge is 0.226 e. The summed E-state index contributed by atoms with van der Waals surface area (Å²) in [4.78, 5) is 20.1. The van der Waals surface area contributed by atoms with Crippen molar-refractivity contribution in [1.29, 1.82) is 0 Å². The lowest BCUT2D eigenvalue weighted by molar-refractivity contribution is -0.142. The fourth-order valence-corrected chi connectivity index (χ4v) is 6.45. The molecule has 0 saturated heterocycles. The summed E-state index contributed by atoms with van der Waals surface area (Å²) < 4.78 is 0. The van der Waals surface area contributed by atoms with Crippen molar-refractivity contribution < 1.29 is 9.90 Å². The molecule has 6 atom stereocenters. The number of carbonyl (C=O) groups excluding carboxylic acids is 1. The number of fused-ring (bicyclic) bond motifs is 2. The van der Waals surface area contributed by atoms with Gasteiger partial charge in [-0.2, -0.15) is 0 Å². The zero-order chi connectivity index (χ0) is 19.2. The molecule has 0 spiro atoms. The number of terminal acetylenes is 1. The Labute approximate surface area is 160 Å². The lowest BCUT2D eigenvalue weighted by atomic mass is 9.53. The van der Waals surface area contributed by atoms with Gasteiger partial charge in [0.15, 0.2) is 5.13 Å². The molecule has 6 heteroatoms. The number of thiazole rings is 1. The van der Waals surface area contributed by atoms with Crippen LogP contribution in [0.3, 0.4) is 0 Å². The molecule has 26 heavy (non-hydrogen) atoms. The van der Waals surface area contributed by atoms with Gasteiger partial charge in [-0.15, -0.1) is 17.8 Å². The van der Waals surface area contributed by atoms with E-state index in [1.54, 1.807) is 23.3 Å². The van der Waals surface area contributed by atoms with Gasteiger partial charge in [-0.25, -0.2) is 4.98 Å². The maximum atomic E-state index is 12.7. The molecule has 5 nitrogen and oxygen atoms in total. The third-order valence-corrected chi connectivity index (χ3v) is 7.58. The number of aliphatic hydroxyl groups excluding tert-OH is 1. The molecule has 0 radical (unpaired) electrons. The Morgan fingerprint density at radius 2 is 2.31 bits per heavy atom. The molecule has 2 aliphatic carbocycles. The summed E-state index contributed by atoms with van der Waals surface area (Å²) in [6.45, 7) is 6.63. The van der Waals surface area contributed by atoms with Gasteiger partial charge in [0.1, 0.15) is 0 Å². The second-order valence-corrected chi connectivity index (χ2v) is 9.50. The molecule has 0 aromatic carbocycles. The van der Waals surface area contributed by atoms with Gasteiger partial charge in [-0.3, -0.25) is 4.79 Å². The lowest BCUT2D eigenvalue weighted by Gasteiger charge is -2.53. The second-order valence-electron chi connectivity index (χ2n) is 8.39. The number of nitrogen functional groups attached to an aromatic ring is 1. The number of aromatic nitrogens is 1. The molecule has 6 unspecified atom stereocenters. The highest BCUT2D eigenvalue weighted by atomic mass is 32.1. The van der Waals surface area contributed by atoms with E-state index in [1.807, 2.05) is 6.92 Å². The Morgan fingerprint density at radius 1 is 1.62 bits per heavy atom. The maximum absolute atomic E-state index is 12.7. The average molecular weight is 376 g/mol. The van der Waals surface area contributed by atoms with Gasteiger partial charge < -0.3 is 15.7 Å². The van der Waals surface area contributed by atoms with Gasteiger partial charge in [0, 0.05) is 23.8 Å². The SMILES string of the molecule is C#CCN(C)C(=O)C(C)C1CCC2(C)Cc3sc(N)nc3C(C)C2C1O. The highest BCUT2D eigenvalue weighted by molar-refractivity contribution is 7.15. The summed E-state index contributed by atoms with van der Waals surface area (Å²) in [6.07, 6.45) is 7.56. The van der Waals surface area contributed by atoms with Crippen molar-refractivity contribution in [3.63, 3.8) is 0 Å². The monoisotopic (exact) mass is 375 g/mol. The quantitative estimate of drug-likeness (QED) is 0.796. The molecular formula is C20H29N3O2S. The van der Waals surface area contributed by atoms with Crippen molar-refractivity contribution in [2.24, 2.45) is 23.2 Å². The topological polar surface area (TPSA) is 79.5 Å². The normalized spacial score (nSPS) is 34.3. The zero-order valence-corrected chi connectivity index (χ0v) is 16.8. The number of aliphatic hydroxyl groups is 1. The summed E-state index contributed by atoms with van der Waals surface area (Å²) in [5.74, 6) is 2.45. The van der Waals surface area contributed by atoms with Gasteiger partial charge in [0.2, 0.25) is 5.91 Å². The molecule has 3 N–H and O–H groups in total. The maximum Gasteiger partial charge on any atom is 0.226 e. The third kappa shape index (κ3) is 3.01. The first-order chi connectivity index (χ1) is 12.2. The Bertz CT molecular complexity index is 740. The van der Waals surface area contributed by atoms with E-state index in [0.717, 1.165) is 25.0 Å². The van der Waals surface area contributed by atoms with Crippen LogP contribution in [-0.4, -0.2) is 40.6 Å². The van der Waals surface area contributed by atoms with E-state index in [4.69, 9.17) is 12.2 Å². The van der Waals surface area contributed by atoms with Crippen molar-refractivity contribution in [3.8, 4) is 12.3 Å². The Balaban J connectivity index is 1.86. The standard InChI is InChI=1S/C20H29N3O2S/c1-6-9-23(5)18(25)11(2)13-7-8-20(4)10-14-16(22-19(21)26-14)12(3)15(20)17(13)24/h1,11-13,15,17,24H,7-10H2,2-5H3,(H2,21,22). The predicted molar refractivity (Wildman–Crippen MR) is 105 cm³/mol. The molecular weight excluding hydrogens is 346 g/mol. The number of amides is 1. The summed E-state index contributed by atoms with van der Waals surface area (Å²) in [6, 6.07) is 0. The van der Waals surface area contributed by atoms with Crippen molar-refractivity contribution in [2.75, 3.05) is 19.3 Å². The molecule has 1 aromatic heterocycles. The van der Waals surface area contributed by atoms with Crippen LogP contribution < -0.4 is 5.73 Å². The molecule has 0 aliphatic heterocycles. The van der Waals surface area contributed by atoms with Crippen LogP contribution in [0.5, 0.6) is 0 Å². The molecule has 1 amide bonds. The largest absolute Gasteiger partial charge is 0.392 e. The van der Waals surface area contributed by atoms with Crippen LogP contribution in [0.25, 0.3) is 0 Å². The minimum Gasteiger partial charge on any atom is -0.392 e. The Morgan fingerprint density at radius 3 is 2.96 bits per heavy atom. The molecule has 1 fully saturated rings. The predicted octanol–water partition coefficient (Wildman–Crippen LogP) is 2.51. The average Bonchev–Trinajstić information content (AvgIpc) is 2.93. The molecule has 1 aromatic rings.